The van der Waals surface area contributed by atoms with Crippen LogP contribution in [0.15, 0.2) is 71.6 Å². The van der Waals surface area contributed by atoms with Crippen LogP contribution in [0.3, 0.4) is 0 Å². The Morgan fingerprint density at radius 2 is 1.54 bits per heavy atom. The van der Waals surface area contributed by atoms with Crippen molar-refractivity contribution in [1.29, 1.82) is 0 Å². The summed E-state index contributed by atoms with van der Waals surface area (Å²) < 4.78 is 5.50. The third-order valence-corrected chi connectivity index (χ3v) is 8.54. The van der Waals surface area contributed by atoms with Gasteiger partial charge in [-0.1, -0.05) is 25.1 Å². The number of benzene rings is 3. The zero-order chi connectivity index (χ0) is 25.2. The first-order valence-electron chi connectivity index (χ1n) is 13.8. The minimum Gasteiger partial charge on any atom is -0.381 e. The third-order valence-electron chi connectivity index (χ3n) is 7.65. The van der Waals surface area contributed by atoms with Gasteiger partial charge in [-0.25, -0.2) is 0 Å². The normalized spacial score (nSPS) is 17.3. The van der Waals surface area contributed by atoms with Crippen LogP contribution in [0.25, 0.3) is 0 Å². The zero-order valence-corrected chi connectivity index (χ0v) is 22.4. The molecule has 1 heterocycles. The summed E-state index contributed by atoms with van der Waals surface area (Å²) in [6.45, 7) is 5.28. The number of anilines is 2. The Morgan fingerprint density at radius 3 is 2.08 bits per heavy atom. The molecule has 6 rings (SSSR count). The highest BCUT2D eigenvalue weighted by atomic mass is 32.2. The van der Waals surface area contributed by atoms with Gasteiger partial charge < -0.3 is 15.0 Å². The van der Waals surface area contributed by atoms with Gasteiger partial charge >= 0.3 is 0 Å². The van der Waals surface area contributed by atoms with E-state index in [9.17, 15) is 4.79 Å². The van der Waals surface area contributed by atoms with Crippen LogP contribution in [-0.4, -0.2) is 31.4 Å². The van der Waals surface area contributed by atoms with Crippen molar-refractivity contribution in [3.8, 4) is 0 Å². The van der Waals surface area contributed by atoms with Crippen LogP contribution in [-0.2, 0) is 11.3 Å². The van der Waals surface area contributed by atoms with E-state index >= 15 is 0 Å². The summed E-state index contributed by atoms with van der Waals surface area (Å²) >= 11 is 1.83. The monoisotopic (exact) mass is 512 g/mol. The quantitative estimate of drug-likeness (QED) is 0.274. The molecule has 2 saturated carbocycles. The minimum atomic E-state index is -0.0377. The average Bonchev–Trinajstić information content (AvgIpc) is 3.81. The Bertz CT molecular complexity index is 1200. The van der Waals surface area contributed by atoms with Crippen LogP contribution in [0.5, 0.6) is 0 Å². The topological polar surface area (TPSA) is 41.6 Å². The predicted octanol–water partition coefficient (Wildman–Crippen LogP) is 7.27. The number of hydrogen-bond acceptors (Lipinski definition) is 4. The van der Waals surface area contributed by atoms with E-state index in [1.807, 2.05) is 23.9 Å². The number of carbonyl (C=O) groups is 1. The molecule has 0 aromatic heterocycles. The van der Waals surface area contributed by atoms with Crippen molar-refractivity contribution in [2.75, 3.05) is 30.4 Å². The molecule has 3 aliphatic rings. The lowest BCUT2D eigenvalue weighted by molar-refractivity contribution is -0.0267. The summed E-state index contributed by atoms with van der Waals surface area (Å²) in [5.41, 5.74) is 7.25. The second kappa shape index (κ2) is 10.9. The van der Waals surface area contributed by atoms with Gasteiger partial charge in [0.2, 0.25) is 0 Å². The van der Waals surface area contributed by atoms with Gasteiger partial charge in [-0.15, -0.1) is 11.8 Å². The molecule has 3 fully saturated rings. The molecular formula is C32H36N2O2S. The van der Waals surface area contributed by atoms with E-state index in [4.69, 9.17) is 4.74 Å². The van der Waals surface area contributed by atoms with Crippen molar-refractivity contribution in [1.82, 2.24) is 5.32 Å². The highest BCUT2D eigenvalue weighted by Gasteiger charge is 2.30. The van der Waals surface area contributed by atoms with Crippen LogP contribution < -0.4 is 10.2 Å². The molecule has 4 nitrogen and oxygen atoms in total. The van der Waals surface area contributed by atoms with Crippen molar-refractivity contribution >= 4 is 29.0 Å². The fourth-order valence-electron chi connectivity index (χ4n) is 5.07. The number of thioether (sulfide) groups is 1. The Labute approximate surface area is 224 Å². The molecule has 192 valence electrons. The molecule has 1 aliphatic heterocycles. The predicted molar refractivity (Wildman–Crippen MR) is 152 cm³/mol. The summed E-state index contributed by atoms with van der Waals surface area (Å²) in [5.74, 6) is 3.03. The SMILES string of the molecule is CCSc1ccc(CNC(=O)c2ccc(N(CC3COC3)c3cc(C4CC4)cc(C4CC4)c3)cc2)cc1. The molecule has 37 heavy (non-hydrogen) atoms. The van der Waals surface area contributed by atoms with Gasteiger partial charge in [0.1, 0.15) is 0 Å². The third kappa shape index (κ3) is 6.05. The van der Waals surface area contributed by atoms with Crippen molar-refractivity contribution in [2.24, 2.45) is 5.92 Å². The highest BCUT2D eigenvalue weighted by Crippen LogP contribution is 2.47. The van der Waals surface area contributed by atoms with Crippen molar-refractivity contribution in [2.45, 2.75) is 55.9 Å². The second-order valence-electron chi connectivity index (χ2n) is 10.7. The van der Waals surface area contributed by atoms with Gasteiger partial charge in [0.25, 0.3) is 5.91 Å². The van der Waals surface area contributed by atoms with Gasteiger partial charge in [-0.3, -0.25) is 4.79 Å². The molecule has 5 heteroatoms. The summed E-state index contributed by atoms with van der Waals surface area (Å²) in [6, 6.07) is 23.8. The Morgan fingerprint density at radius 1 is 0.892 bits per heavy atom. The standard InChI is InChI=1S/C32H36N2O2S/c1-2-37-31-13-3-22(4-14-31)18-33-32(35)26-9-11-29(12-10-26)34(19-23-20-36-21-23)30-16-27(24-5-6-24)15-28(17-30)25-7-8-25/h3-4,9-17,23-25H,2,5-8,18-21H2,1H3,(H,33,35). The molecule has 0 radical (unpaired) electrons. The number of ether oxygens (including phenoxy) is 1. The number of amides is 1. The highest BCUT2D eigenvalue weighted by molar-refractivity contribution is 7.99. The van der Waals surface area contributed by atoms with Crippen LogP contribution in [0, 0.1) is 5.92 Å². The minimum absolute atomic E-state index is 0.0377. The first-order valence-corrected chi connectivity index (χ1v) is 14.7. The molecule has 0 bridgehead atoms. The number of nitrogens with zero attached hydrogens (tertiary/aromatic N) is 1. The van der Waals surface area contributed by atoms with E-state index in [2.05, 4.69) is 71.7 Å². The van der Waals surface area contributed by atoms with E-state index in [1.54, 1.807) is 0 Å². The summed E-state index contributed by atoms with van der Waals surface area (Å²) in [7, 11) is 0. The fraction of sp³-hybridized carbons (Fsp3) is 0.406. The summed E-state index contributed by atoms with van der Waals surface area (Å²) in [6.07, 6.45) is 5.26. The van der Waals surface area contributed by atoms with E-state index in [1.165, 1.54) is 47.4 Å². The van der Waals surface area contributed by atoms with E-state index in [0.29, 0.717) is 18.0 Å². The van der Waals surface area contributed by atoms with Crippen molar-refractivity contribution in [3.63, 3.8) is 0 Å². The molecule has 2 aliphatic carbocycles. The molecule has 3 aromatic rings. The second-order valence-corrected chi connectivity index (χ2v) is 12.1. The summed E-state index contributed by atoms with van der Waals surface area (Å²) in [5, 5.41) is 3.08. The van der Waals surface area contributed by atoms with Crippen molar-refractivity contribution in [3.05, 3.63) is 89.0 Å². The molecule has 1 N–H and O–H groups in total. The maximum Gasteiger partial charge on any atom is 0.251 e. The molecule has 1 saturated heterocycles. The van der Waals surface area contributed by atoms with E-state index < -0.39 is 0 Å². The smallest absolute Gasteiger partial charge is 0.251 e. The molecule has 3 aromatic carbocycles. The van der Waals surface area contributed by atoms with Gasteiger partial charge in [0, 0.05) is 40.8 Å². The van der Waals surface area contributed by atoms with Crippen LogP contribution >= 0.6 is 11.8 Å². The number of nitrogens with one attached hydrogen (secondary N) is 1. The molecule has 1 amide bonds. The molecule has 0 spiro atoms. The maximum atomic E-state index is 12.9. The van der Waals surface area contributed by atoms with Crippen LogP contribution in [0.4, 0.5) is 11.4 Å². The lowest BCUT2D eigenvalue weighted by Crippen LogP contribution is -2.37. The van der Waals surface area contributed by atoms with Gasteiger partial charge in [-0.2, -0.15) is 0 Å². The lowest BCUT2D eigenvalue weighted by Gasteiger charge is -2.34. The fourth-order valence-corrected chi connectivity index (χ4v) is 5.74. The van der Waals surface area contributed by atoms with E-state index in [-0.39, 0.29) is 5.91 Å². The first-order chi connectivity index (χ1) is 18.2. The largest absolute Gasteiger partial charge is 0.381 e. The molecule has 0 atom stereocenters. The zero-order valence-electron chi connectivity index (χ0n) is 21.6. The average molecular weight is 513 g/mol. The van der Waals surface area contributed by atoms with Crippen LogP contribution in [0.2, 0.25) is 0 Å². The Hall–Kier alpha value is -2.76. The van der Waals surface area contributed by atoms with Gasteiger partial charge in [0.15, 0.2) is 0 Å². The molecule has 0 unspecified atom stereocenters. The van der Waals surface area contributed by atoms with Crippen LogP contribution in [0.1, 0.15) is 71.5 Å². The van der Waals surface area contributed by atoms with Gasteiger partial charge in [-0.05, 0) is 108 Å². The number of rotatable bonds is 11. The first kappa shape index (κ1) is 24.6. The van der Waals surface area contributed by atoms with E-state index in [0.717, 1.165) is 48.6 Å². The Balaban J connectivity index is 1.18. The van der Waals surface area contributed by atoms with Gasteiger partial charge in [0.05, 0.1) is 13.2 Å². The Kier molecular flexibility index (Phi) is 7.25. The maximum absolute atomic E-state index is 12.9. The number of carbonyl (C=O) groups excluding carboxylic acids is 1. The number of hydrogen-bond donors (Lipinski definition) is 1. The lowest BCUT2D eigenvalue weighted by atomic mass is 10.00. The summed E-state index contributed by atoms with van der Waals surface area (Å²) in [4.78, 5) is 16.6. The molecular weight excluding hydrogens is 476 g/mol. The van der Waals surface area contributed by atoms with Crippen molar-refractivity contribution < 1.29 is 9.53 Å².